The third kappa shape index (κ3) is 1.43. The molecule has 1 saturated carbocycles. The lowest BCUT2D eigenvalue weighted by atomic mass is 10.7. The van der Waals surface area contributed by atoms with Gasteiger partial charge in [-0.2, -0.15) is 0 Å². The number of urea groups is 1. The van der Waals surface area contributed by atoms with E-state index in [1.807, 2.05) is 0 Å². The van der Waals surface area contributed by atoms with Crippen LogP contribution in [0.15, 0.2) is 0 Å². The van der Waals surface area contributed by atoms with Crippen LogP contribution >= 0.6 is 0 Å². The van der Waals surface area contributed by atoms with E-state index in [0.29, 0.717) is 6.04 Å². The van der Waals surface area contributed by atoms with E-state index in [1.54, 1.807) is 0 Å². The van der Waals surface area contributed by atoms with Crippen molar-refractivity contribution < 1.29 is 4.79 Å². The first kappa shape index (κ1) is 4.43. The minimum absolute atomic E-state index is 0.338. The molecule has 3 nitrogen and oxygen atoms in total. The zero-order valence-electron chi connectivity index (χ0n) is 3.90. The van der Waals surface area contributed by atoms with Gasteiger partial charge in [0.05, 0.1) is 0 Å². The van der Waals surface area contributed by atoms with Gasteiger partial charge in [0.15, 0.2) is 0 Å². The SMILES string of the molecule is [NH]C(=O)NC1CC1. The maximum Gasteiger partial charge on any atom is 0.333 e. The van der Waals surface area contributed by atoms with Crippen LogP contribution in [0.3, 0.4) is 0 Å². The highest BCUT2D eigenvalue weighted by molar-refractivity contribution is 5.71. The van der Waals surface area contributed by atoms with Gasteiger partial charge >= 0.3 is 6.03 Å². The maximum absolute atomic E-state index is 9.85. The van der Waals surface area contributed by atoms with E-state index in [4.69, 9.17) is 5.73 Å². The van der Waals surface area contributed by atoms with Crippen LogP contribution in [0.4, 0.5) is 4.79 Å². The Morgan fingerprint density at radius 3 is 2.43 bits per heavy atom. The summed E-state index contributed by atoms with van der Waals surface area (Å²) in [4.78, 5) is 9.85. The number of hydrogen-bond donors (Lipinski definition) is 1. The molecule has 1 aliphatic carbocycles. The summed E-state index contributed by atoms with van der Waals surface area (Å²) >= 11 is 0. The number of carbonyl (C=O) groups excluding carboxylic acids is 1. The molecule has 0 heterocycles. The zero-order chi connectivity index (χ0) is 5.28. The average molecular weight is 99.1 g/mol. The van der Waals surface area contributed by atoms with Crippen LogP contribution in [-0.2, 0) is 0 Å². The highest BCUT2D eigenvalue weighted by Gasteiger charge is 2.21. The number of nitrogens with one attached hydrogen (secondary N) is 2. The van der Waals surface area contributed by atoms with Gasteiger partial charge in [-0.15, -0.1) is 0 Å². The van der Waals surface area contributed by atoms with E-state index in [2.05, 4.69) is 5.32 Å². The highest BCUT2D eigenvalue weighted by atomic mass is 16.2. The molecule has 0 spiro atoms. The third-order valence-electron chi connectivity index (χ3n) is 0.913. The van der Waals surface area contributed by atoms with Gasteiger partial charge < -0.3 is 5.32 Å². The first-order valence-corrected chi connectivity index (χ1v) is 2.31. The van der Waals surface area contributed by atoms with Crippen molar-refractivity contribution in [2.75, 3.05) is 0 Å². The lowest BCUT2D eigenvalue weighted by Gasteiger charge is -1.90. The number of carbonyl (C=O) groups is 1. The van der Waals surface area contributed by atoms with E-state index < -0.39 is 6.03 Å². The number of amides is 2. The van der Waals surface area contributed by atoms with Crippen LogP contribution in [0.1, 0.15) is 12.8 Å². The quantitative estimate of drug-likeness (QED) is 0.499. The second-order valence-electron chi connectivity index (χ2n) is 1.75. The molecule has 1 radical (unpaired) electrons. The molecule has 1 rings (SSSR count). The molecule has 0 aromatic carbocycles. The van der Waals surface area contributed by atoms with Gasteiger partial charge in [0.1, 0.15) is 0 Å². The van der Waals surface area contributed by atoms with E-state index >= 15 is 0 Å². The fraction of sp³-hybridized carbons (Fsp3) is 0.750. The van der Waals surface area contributed by atoms with Crippen molar-refractivity contribution in [1.82, 2.24) is 11.1 Å². The third-order valence-corrected chi connectivity index (χ3v) is 0.913. The maximum atomic E-state index is 9.85. The Balaban J connectivity index is 2.08. The molecule has 1 fully saturated rings. The molecule has 0 saturated heterocycles. The Hall–Kier alpha value is -0.730. The van der Waals surface area contributed by atoms with Crippen LogP contribution in [0.2, 0.25) is 0 Å². The summed E-state index contributed by atoms with van der Waals surface area (Å²) in [5, 5.41) is 2.44. The van der Waals surface area contributed by atoms with Gasteiger partial charge in [0.2, 0.25) is 0 Å². The fourth-order valence-electron chi connectivity index (χ4n) is 0.413. The largest absolute Gasteiger partial charge is 0.334 e. The molecule has 2 amide bonds. The standard InChI is InChI=1S/C4H7N2O/c5-4(7)6-3-1-2-3/h3,5H,1-2H2,(H,6,7). The summed E-state index contributed by atoms with van der Waals surface area (Å²) in [6.07, 6.45) is 2.12. The van der Waals surface area contributed by atoms with Crippen molar-refractivity contribution in [3.63, 3.8) is 0 Å². The van der Waals surface area contributed by atoms with Crippen molar-refractivity contribution in [2.45, 2.75) is 18.9 Å². The summed E-state index contributed by atoms with van der Waals surface area (Å²) < 4.78 is 0. The van der Waals surface area contributed by atoms with E-state index in [-0.39, 0.29) is 0 Å². The van der Waals surface area contributed by atoms with Crippen molar-refractivity contribution in [1.29, 1.82) is 0 Å². The topological polar surface area (TPSA) is 52.9 Å². The molecule has 3 heteroatoms. The van der Waals surface area contributed by atoms with Gasteiger partial charge in [0, 0.05) is 6.04 Å². The molecule has 0 atom stereocenters. The Labute approximate surface area is 41.9 Å². The second-order valence-corrected chi connectivity index (χ2v) is 1.75. The molecule has 0 unspecified atom stereocenters. The van der Waals surface area contributed by atoms with E-state index in [1.165, 1.54) is 0 Å². The molecular weight excluding hydrogens is 92.1 g/mol. The Kier molecular flexibility index (Phi) is 0.889. The lowest BCUT2D eigenvalue weighted by Crippen LogP contribution is -2.23. The van der Waals surface area contributed by atoms with Crippen molar-refractivity contribution in [3.05, 3.63) is 0 Å². The molecule has 2 N–H and O–H groups in total. The van der Waals surface area contributed by atoms with Gasteiger partial charge in [-0.05, 0) is 12.8 Å². The van der Waals surface area contributed by atoms with Gasteiger partial charge in [-0.25, -0.2) is 10.5 Å². The molecule has 1 aliphatic rings. The summed E-state index contributed by atoms with van der Waals surface area (Å²) in [6, 6.07) is -0.313. The first-order valence-electron chi connectivity index (χ1n) is 2.31. The van der Waals surface area contributed by atoms with Crippen LogP contribution < -0.4 is 11.1 Å². The van der Waals surface area contributed by atoms with Crippen LogP contribution in [0, 0.1) is 0 Å². The fourth-order valence-corrected chi connectivity index (χ4v) is 0.413. The average Bonchev–Trinajstić information content (AvgIpc) is 2.17. The number of hydrogen-bond acceptors (Lipinski definition) is 1. The molecule has 0 aromatic heterocycles. The van der Waals surface area contributed by atoms with E-state index in [9.17, 15) is 4.79 Å². The molecule has 39 valence electrons. The monoisotopic (exact) mass is 99.1 g/mol. The van der Waals surface area contributed by atoms with Gasteiger partial charge in [-0.3, -0.25) is 0 Å². The number of rotatable bonds is 1. The smallest absolute Gasteiger partial charge is 0.333 e. The van der Waals surface area contributed by atoms with Crippen LogP contribution in [0.25, 0.3) is 0 Å². The van der Waals surface area contributed by atoms with Crippen molar-refractivity contribution >= 4 is 6.03 Å². The molecule has 7 heavy (non-hydrogen) atoms. The summed E-state index contributed by atoms with van der Waals surface area (Å²) in [5.41, 5.74) is 6.40. The Morgan fingerprint density at radius 1 is 1.71 bits per heavy atom. The summed E-state index contributed by atoms with van der Waals surface area (Å²) in [7, 11) is 0. The minimum Gasteiger partial charge on any atom is -0.334 e. The van der Waals surface area contributed by atoms with Crippen LogP contribution in [0.5, 0.6) is 0 Å². The van der Waals surface area contributed by atoms with E-state index in [0.717, 1.165) is 12.8 Å². The summed E-state index contributed by atoms with van der Waals surface area (Å²) in [5.74, 6) is 0. The minimum atomic E-state index is -0.650. The lowest BCUT2D eigenvalue weighted by molar-refractivity contribution is 0.247. The zero-order valence-corrected chi connectivity index (χ0v) is 3.90. The molecule has 0 aromatic rings. The molecule has 0 aliphatic heterocycles. The predicted molar refractivity (Wildman–Crippen MR) is 24.7 cm³/mol. The molecule has 0 bridgehead atoms. The first-order chi connectivity index (χ1) is 3.29. The Bertz CT molecular complexity index is 87.7. The molecular formula is C4H7N2O. The van der Waals surface area contributed by atoms with Crippen molar-refractivity contribution in [3.8, 4) is 0 Å². The highest BCUT2D eigenvalue weighted by Crippen LogP contribution is 2.17. The van der Waals surface area contributed by atoms with Crippen LogP contribution in [-0.4, -0.2) is 12.1 Å². The Morgan fingerprint density at radius 2 is 2.29 bits per heavy atom. The predicted octanol–water partition coefficient (Wildman–Crippen LogP) is 0.141. The van der Waals surface area contributed by atoms with Crippen molar-refractivity contribution in [2.24, 2.45) is 0 Å². The van der Waals surface area contributed by atoms with Gasteiger partial charge in [-0.1, -0.05) is 0 Å². The summed E-state index contributed by atoms with van der Waals surface area (Å²) in [6.45, 7) is 0. The normalized spacial score (nSPS) is 18.9. The van der Waals surface area contributed by atoms with Gasteiger partial charge in [0.25, 0.3) is 0 Å². The second kappa shape index (κ2) is 1.40.